The first-order valence-corrected chi connectivity index (χ1v) is 6.77. The van der Waals surface area contributed by atoms with Gasteiger partial charge < -0.3 is 20.2 Å². The summed E-state index contributed by atoms with van der Waals surface area (Å²) in [6, 6.07) is -0.149. The van der Waals surface area contributed by atoms with Crippen LogP contribution in [0.2, 0.25) is 0 Å². The SMILES string of the molecule is CC(NC(=O)N1CCCC(N(C)C)C1)C(C)C(=O)O. The molecule has 1 saturated heterocycles. The van der Waals surface area contributed by atoms with Gasteiger partial charge in [-0.25, -0.2) is 4.79 Å². The fourth-order valence-corrected chi connectivity index (χ4v) is 2.19. The van der Waals surface area contributed by atoms with Gasteiger partial charge in [0.2, 0.25) is 0 Å². The molecule has 0 bridgehead atoms. The molecule has 0 radical (unpaired) electrons. The first-order valence-electron chi connectivity index (χ1n) is 6.77. The minimum atomic E-state index is -0.891. The average Bonchev–Trinajstić information content (AvgIpc) is 2.37. The van der Waals surface area contributed by atoms with Crippen LogP contribution in [-0.2, 0) is 4.79 Å². The Morgan fingerprint density at radius 2 is 2.00 bits per heavy atom. The zero-order chi connectivity index (χ0) is 14.6. The Hall–Kier alpha value is -1.30. The monoisotopic (exact) mass is 271 g/mol. The van der Waals surface area contributed by atoms with E-state index in [1.165, 1.54) is 0 Å². The summed E-state index contributed by atoms with van der Waals surface area (Å²) in [5.74, 6) is -1.48. The number of aliphatic carboxylic acids is 1. The lowest BCUT2D eigenvalue weighted by molar-refractivity contribution is -0.141. The Labute approximate surface area is 114 Å². The van der Waals surface area contributed by atoms with Gasteiger partial charge in [0.1, 0.15) is 0 Å². The molecule has 6 nitrogen and oxygen atoms in total. The molecule has 6 heteroatoms. The summed E-state index contributed by atoms with van der Waals surface area (Å²) < 4.78 is 0. The quantitative estimate of drug-likeness (QED) is 0.794. The van der Waals surface area contributed by atoms with Crippen LogP contribution in [0.15, 0.2) is 0 Å². The van der Waals surface area contributed by atoms with E-state index in [-0.39, 0.29) is 12.1 Å². The van der Waals surface area contributed by atoms with Gasteiger partial charge in [-0.3, -0.25) is 4.79 Å². The highest BCUT2D eigenvalue weighted by Crippen LogP contribution is 2.14. The summed E-state index contributed by atoms with van der Waals surface area (Å²) in [5, 5.41) is 11.7. The molecule has 2 N–H and O–H groups in total. The molecule has 0 spiro atoms. The van der Waals surface area contributed by atoms with Gasteiger partial charge in [0.25, 0.3) is 0 Å². The topological polar surface area (TPSA) is 72.9 Å². The van der Waals surface area contributed by atoms with Crippen LogP contribution in [0.25, 0.3) is 0 Å². The molecule has 0 aromatic heterocycles. The highest BCUT2D eigenvalue weighted by molar-refractivity contribution is 5.76. The van der Waals surface area contributed by atoms with E-state index < -0.39 is 11.9 Å². The Morgan fingerprint density at radius 1 is 1.37 bits per heavy atom. The van der Waals surface area contributed by atoms with Crippen molar-refractivity contribution < 1.29 is 14.7 Å². The standard InChI is InChI=1S/C13H25N3O3/c1-9(12(17)18)10(2)14-13(19)16-7-5-6-11(8-16)15(3)4/h9-11H,5-8H2,1-4H3,(H,14,19)(H,17,18). The zero-order valence-electron chi connectivity index (χ0n) is 12.2. The van der Waals surface area contributed by atoms with Crippen LogP contribution < -0.4 is 5.32 Å². The maximum atomic E-state index is 12.1. The number of carbonyl (C=O) groups excluding carboxylic acids is 1. The van der Waals surface area contributed by atoms with Crippen molar-refractivity contribution in [3.63, 3.8) is 0 Å². The van der Waals surface area contributed by atoms with Crippen molar-refractivity contribution >= 4 is 12.0 Å². The molecule has 3 unspecified atom stereocenters. The predicted molar refractivity (Wildman–Crippen MR) is 73.1 cm³/mol. The molecule has 19 heavy (non-hydrogen) atoms. The lowest BCUT2D eigenvalue weighted by atomic mass is 10.0. The second-order valence-corrected chi connectivity index (χ2v) is 5.57. The van der Waals surface area contributed by atoms with Gasteiger partial charge in [0.15, 0.2) is 0 Å². The molecule has 1 aliphatic heterocycles. The lowest BCUT2D eigenvalue weighted by Crippen LogP contribution is -2.53. The van der Waals surface area contributed by atoms with Crippen LogP contribution in [0.5, 0.6) is 0 Å². The molecule has 0 saturated carbocycles. The van der Waals surface area contributed by atoms with Crippen molar-refractivity contribution in [1.82, 2.24) is 15.1 Å². The van der Waals surface area contributed by atoms with Gasteiger partial charge >= 0.3 is 12.0 Å². The molecule has 110 valence electrons. The summed E-state index contributed by atoms with van der Waals surface area (Å²) in [4.78, 5) is 26.9. The number of rotatable bonds is 4. The van der Waals surface area contributed by atoms with E-state index >= 15 is 0 Å². The van der Waals surface area contributed by atoms with Crippen molar-refractivity contribution in [3.8, 4) is 0 Å². The second-order valence-electron chi connectivity index (χ2n) is 5.57. The molecule has 0 aromatic rings. The molecule has 3 atom stereocenters. The van der Waals surface area contributed by atoms with Gasteiger partial charge in [0.05, 0.1) is 5.92 Å². The highest BCUT2D eigenvalue weighted by Gasteiger charge is 2.27. The molecule has 1 fully saturated rings. The first kappa shape index (κ1) is 15.8. The van der Waals surface area contributed by atoms with Crippen LogP contribution >= 0.6 is 0 Å². The maximum absolute atomic E-state index is 12.1. The number of carbonyl (C=O) groups is 2. The smallest absolute Gasteiger partial charge is 0.317 e. The minimum absolute atomic E-state index is 0.160. The van der Waals surface area contributed by atoms with E-state index in [0.29, 0.717) is 12.6 Å². The number of carboxylic acids is 1. The van der Waals surface area contributed by atoms with Crippen molar-refractivity contribution in [3.05, 3.63) is 0 Å². The van der Waals surface area contributed by atoms with Crippen molar-refractivity contribution in [2.24, 2.45) is 5.92 Å². The molecular formula is C13H25N3O3. The second kappa shape index (κ2) is 6.75. The van der Waals surface area contributed by atoms with E-state index in [1.54, 1.807) is 18.7 Å². The van der Waals surface area contributed by atoms with E-state index in [2.05, 4.69) is 10.2 Å². The largest absolute Gasteiger partial charge is 0.481 e. The van der Waals surface area contributed by atoms with Crippen LogP contribution in [0.3, 0.4) is 0 Å². The van der Waals surface area contributed by atoms with E-state index in [0.717, 1.165) is 19.4 Å². The molecule has 1 rings (SSSR count). The summed E-state index contributed by atoms with van der Waals surface area (Å²) in [6.07, 6.45) is 2.08. The summed E-state index contributed by atoms with van der Waals surface area (Å²) in [5.41, 5.74) is 0. The number of nitrogens with one attached hydrogen (secondary N) is 1. The molecule has 1 aliphatic rings. The van der Waals surface area contributed by atoms with Crippen LogP contribution in [0.4, 0.5) is 4.79 Å². The fourth-order valence-electron chi connectivity index (χ4n) is 2.19. The Balaban J connectivity index is 2.51. The van der Waals surface area contributed by atoms with Crippen molar-refractivity contribution in [2.75, 3.05) is 27.2 Å². The number of likely N-dealkylation sites (N-methyl/N-ethyl adjacent to an activating group) is 1. The van der Waals surface area contributed by atoms with Gasteiger partial charge in [-0.15, -0.1) is 0 Å². The highest BCUT2D eigenvalue weighted by atomic mass is 16.4. The van der Waals surface area contributed by atoms with E-state index in [4.69, 9.17) is 5.11 Å². The third-order valence-electron chi connectivity index (χ3n) is 3.90. The number of hydrogen-bond acceptors (Lipinski definition) is 3. The molecule has 2 amide bonds. The Morgan fingerprint density at radius 3 is 2.53 bits per heavy atom. The molecule has 0 aliphatic carbocycles. The number of carboxylic acid groups (broad SMARTS) is 1. The Bertz CT molecular complexity index is 333. The molecule has 0 aromatic carbocycles. The van der Waals surface area contributed by atoms with Crippen LogP contribution in [-0.4, -0.2) is 66.2 Å². The summed E-state index contributed by atoms with van der Waals surface area (Å²) in [7, 11) is 4.03. The van der Waals surface area contributed by atoms with Gasteiger partial charge in [0, 0.05) is 25.2 Å². The number of urea groups is 1. The van der Waals surface area contributed by atoms with Gasteiger partial charge in [-0.05, 0) is 40.8 Å². The third-order valence-corrected chi connectivity index (χ3v) is 3.90. The number of amides is 2. The molecule has 1 heterocycles. The van der Waals surface area contributed by atoms with Gasteiger partial charge in [-0.1, -0.05) is 0 Å². The van der Waals surface area contributed by atoms with E-state index in [9.17, 15) is 9.59 Å². The van der Waals surface area contributed by atoms with E-state index in [1.807, 2.05) is 14.1 Å². The van der Waals surface area contributed by atoms with Crippen LogP contribution in [0.1, 0.15) is 26.7 Å². The lowest BCUT2D eigenvalue weighted by Gasteiger charge is -2.36. The zero-order valence-corrected chi connectivity index (χ0v) is 12.2. The van der Waals surface area contributed by atoms with Gasteiger partial charge in [-0.2, -0.15) is 0 Å². The number of nitrogens with zero attached hydrogens (tertiary/aromatic N) is 2. The van der Waals surface area contributed by atoms with Crippen molar-refractivity contribution in [1.29, 1.82) is 0 Å². The third kappa shape index (κ3) is 4.38. The number of likely N-dealkylation sites (tertiary alicyclic amines) is 1. The normalized spacial score (nSPS) is 23.0. The average molecular weight is 271 g/mol. The Kier molecular flexibility index (Phi) is 5.60. The minimum Gasteiger partial charge on any atom is -0.481 e. The predicted octanol–water partition coefficient (Wildman–Crippen LogP) is 0.831. The molecular weight excluding hydrogens is 246 g/mol. The number of piperidine rings is 1. The summed E-state index contributed by atoms with van der Waals surface area (Å²) in [6.45, 7) is 4.77. The van der Waals surface area contributed by atoms with Crippen molar-refractivity contribution in [2.45, 2.75) is 38.8 Å². The maximum Gasteiger partial charge on any atom is 0.317 e. The number of hydrogen-bond donors (Lipinski definition) is 2. The first-order chi connectivity index (χ1) is 8.82. The van der Waals surface area contributed by atoms with Crippen LogP contribution in [0, 0.1) is 5.92 Å². The summed E-state index contributed by atoms with van der Waals surface area (Å²) >= 11 is 0. The fraction of sp³-hybridized carbons (Fsp3) is 0.846.